The van der Waals surface area contributed by atoms with Crippen molar-refractivity contribution < 1.29 is 13.9 Å². The lowest BCUT2D eigenvalue weighted by atomic mass is 9.98. The lowest BCUT2D eigenvalue weighted by Gasteiger charge is -2.15. The molecule has 1 N–H and O–H groups in total. The first-order valence-corrected chi connectivity index (χ1v) is 6.39. The summed E-state index contributed by atoms with van der Waals surface area (Å²) in [5.74, 6) is 0. The number of alkyl halides is 2. The number of hydrogen-bond donors (Lipinski definition) is 1. The molecule has 0 heterocycles. The monoisotopic (exact) mass is 268 g/mol. The number of hydrogen-bond acceptors (Lipinski definition) is 1. The van der Waals surface area contributed by atoms with Crippen LogP contribution >= 0.6 is 0 Å². The Morgan fingerprint density at radius 1 is 0.778 bits per heavy atom. The fourth-order valence-corrected chi connectivity index (χ4v) is 0. The molecule has 0 aromatic heterocycles. The lowest BCUT2D eigenvalue weighted by Crippen LogP contribution is -2.15. The molecule has 0 unspecified atom stereocenters. The van der Waals surface area contributed by atoms with Crippen molar-refractivity contribution >= 4 is 0 Å². The van der Waals surface area contributed by atoms with E-state index in [4.69, 9.17) is 5.11 Å². The van der Waals surface area contributed by atoms with Gasteiger partial charge in [0.1, 0.15) is 0 Å². The summed E-state index contributed by atoms with van der Waals surface area (Å²) in [6, 6.07) is 0. The average Bonchev–Trinajstić information content (AvgIpc) is 1.98. The van der Waals surface area contributed by atoms with Gasteiger partial charge >= 0.3 is 0 Å². The molecule has 0 fully saturated rings. The zero-order chi connectivity index (χ0) is 15.8. The number of aliphatic hydroxyl groups excluding tert-OH is 1. The first-order chi connectivity index (χ1) is 7.50. The van der Waals surface area contributed by atoms with Gasteiger partial charge in [-0.05, 0) is 10.8 Å². The molecule has 114 valence electrons. The predicted octanol–water partition coefficient (Wildman–Crippen LogP) is 5.37. The van der Waals surface area contributed by atoms with Gasteiger partial charge in [-0.1, -0.05) is 69.2 Å². The van der Waals surface area contributed by atoms with Gasteiger partial charge in [-0.2, -0.15) is 0 Å². The molecular formula is C15H34F2O. The standard InChI is InChI=1S/C5H10F2.C5H12O.C5H12/c1-5(2,3)4(6)7;1-5(2,3)4-6;1-5(2,3)4/h4H,1-3H3;6H,4H2,1-3H3;1-4H3. The topological polar surface area (TPSA) is 20.2 Å². The molecule has 0 saturated heterocycles. The molecule has 0 aliphatic heterocycles. The fourth-order valence-electron chi connectivity index (χ4n) is 0. The Labute approximate surface area is 113 Å². The summed E-state index contributed by atoms with van der Waals surface area (Å²) in [5.41, 5.74) is -0.236. The van der Waals surface area contributed by atoms with Crippen molar-refractivity contribution in [2.45, 2.75) is 75.7 Å². The highest BCUT2D eigenvalue weighted by molar-refractivity contribution is 4.62. The zero-order valence-corrected chi connectivity index (χ0v) is 14.0. The van der Waals surface area contributed by atoms with Crippen LogP contribution in [0.25, 0.3) is 0 Å². The van der Waals surface area contributed by atoms with E-state index in [1.165, 1.54) is 20.8 Å². The Morgan fingerprint density at radius 3 is 0.889 bits per heavy atom. The summed E-state index contributed by atoms with van der Waals surface area (Å²) >= 11 is 0. The molecule has 0 rings (SSSR count). The third kappa shape index (κ3) is 44.7. The minimum atomic E-state index is -2.20. The van der Waals surface area contributed by atoms with Crippen LogP contribution in [0.5, 0.6) is 0 Å². The molecule has 0 aliphatic rings. The van der Waals surface area contributed by atoms with Gasteiger partial charge < -0.3 is 5.11 Å². The van der Waals surface area contributed by atoms with Crippen molar-refractivity contribution in [3.05, 3.63) is 0 Å². The van der Waals surface area contributed by atoms with Gasteiger partial charge in [-0.3, -0.25) is 0 Å². The summed E-state index contributed by atoms with van der Waals surface area (Å²) in [7, 11) is 0. The van der Waals surface area contributed by atoms with E-state index in [0.717, 1.165) is 0 Å². The zero-order valence-electron chi connectivity index (χ0n) is 14.0. The van der Waals surface area contributed by atoms with Gasteiger partial charge in [0.15, 0.2) is 0 Å². The molecule has 0 aromatic rings. The van der Waals surface area contributed by atoms with E-state index >= 15 is 0 Å². The van der Waals surface area contributed by atoms with Crippen LogP contribution in [0.1, 0.15) is 69.2 Å². The number of aliphatic hydroxyl groups is 1. The van der Waals surface area contributed by atoms with E-state index in [1.54, 1.807) is 0 Å². The third-order valence-electron chi connectivity index (χ3n) is 1.13. The molecule has 0 amide bonds. The molecule has 1 nitrogen and oxygen atoms in total. The van der Waals surface area contributed by atoms with E-state index in [0.29, 0.717) is 5.41 Å². The molecular weight excluding hydrogens is 234 g/mol. The minimum Gasteiger partial charge on any atom is -0.396 e. The van der Waals surface area contributed by atoms with Crippen molar-refractivity contribution in [3.63, 3.8) is 0 Å². The fraction of sp³-hybridized carbons (Fsp3) is 1.00. The van der Waals surface area contributed by atoms with Crippen LogP contribution in [-0.2, 0) is 0 Å². The second-order valence-corrected chi connectivity index (χ2v) is 8.39. The van der Waals surface area contributed by atoms with Crippen molar-refractivity contribution in [2.24, 2.45) is 16.2 Å². The predicted molar refractivity (Wildman–Crippen MR) is 77.1 cm³/mol. The van der Waals surface area contributed by atoms with Gasteiger partial charge in [0.25, 0.3) is 0 Å². The number of rotatable bonds is 0. The normalized spacial score (nSPS) is 12.3. The third-order valence-corrected chi connectivity index (χ3v) is 1.13. The maximum atomic E-state index is 11.5. The molecule has 3 heteroatoms. The molecule has 0 aliphatic carbocycles. The van der Waals surface area contributed by atoms with E-state index < -0.39 is 11.8 Å². The molecule has 0 atom stereocenters. The summed E-state index contributed by atoms with van der Waals surface area (Å²) in [4.78, 5) is 0. The number of halogens is 2. The molecule has 0 spiro atoms. The summed E-state index contributed by atoms with van der Waals surface area (Å²) in [6.07, 6.45) is -2.20. The van der Waals surface area contributed by atoms with Gasteiger partial charge in [0, 0.05) is 12.0 Å². The quantitative estimate of drug-likeness (QED) is 0.625. The Balaban J connectivity index is -0.000000190. The van der Waals surface area contributed by atoms with Crippen LogP contribution in [0.2, 0.25) is 0 Å². The first kappa shape index (κ1) is 23.0. The molecule has 0 bridgehead atoms. The smallest absolute Gasteiger partial charge is 0.243 e. The lowest BCUT2D eigenvalue weighted by molar-refractivity contribution is 0.0324. The van der Waals surface area contributed by atoms with E-state index in [-0.39, 0.29) is 12.0 Å². The Morgan fingerprint density at radius 2 is 0.889 bits per heavy atom. The van der Waals surface area contributed by atoms with Crippen molar-refractivity contribution in [3.8, 4) is 0 Å². The minimum absolute atomic E-state index is 0.0972. The molecule has 18 heavy (non-hydrogen) atoms. The highest BCUT2D eigenvalue weighted by Gasteiger charge is 2.22. The Bertz CT molecular complexity index is 174. The second kappa shape index (κ2) is 8.84. The Hall–Kier alpha value is -0.180. The van der Waals surface area contributed by atoms with E-state index in [9.17, 15) is 8.78 Å². The largest absolute Gasteiger partial charge is 0.396 e. The SMILES string of the molecule is CC(C)(C)C.CC(C)(C)C(F)F.CC(C)(C)CO. The maximum Gasteiger partial charge on any atom is 0.243 e. The van der Waals surface area contributed by atoms with Crippen LogP contribution < -0.4 is 0 Å². The van der Waals surface area contributed by atoms with Crippen molar-refractivity contribution in [1.82, 2.24) is 0 Å². The summed E-state index contributed by atoms with van der Waals surface area (Å²) < 4.78 is 23.1. The van der Waals surface area contributed by atoms with Crippen LogP contribution in [-0.4, -0.2) is 18.1 Å². The highest BCUT2D eigenvalue weighted by atomic mass is 19.3. The Kier molecular flexibility index (Phi) is 11.3. The van der Waals surface area contributed by atoms with Crippen molar-refractivity contribution in [1.29, 1.82) is 0 Å². The molecule has 0 radical (unpaired) electrons. The first-order valence-electron chi connectivity index (χ1n) is 6.39. The maximum absolute atomic E-state index is 11.5. The van der Waals surface area contributed by atoms with E-state index in [2.05, 4.69) is 27.7 Å². The van der Waals surface area contributed by atoms with Crippen LogP contribution in [0.15, 0.2) is 0 Å². The molecule has 0 saturated carbocycles. The van der Waals surface area contributed by atoms with Gasteiger partial charge in [0.05, 0.1) is 0 Å². The van der Waals surface area contributed by atoms with E-state index in [1.807, 2.05) is 20.8 Å². The molecule has 0 aromatic carbocycles. The summed E-state index contributed by atoms with van der Waals surface area (Å²) in [6.45, 7) is 19.5. The summed E-state index contributed by atoms with van der Waals surface area (Å²) in [5, 5.41) is 8.40. The van der Waals surface area contributed by atoms with Crippen LogP contribution in [0, 0.1) is 16.2 Å². The van der Waals surface area contributed by atoms with Crippen molar-refractivity contribution in [2.75, 3.05) is 6.61 Å². The average molecular weight is 268 g/mol. The van der Waals surface area contributed by atoms with Gasteiger partial charge in [0.2, 0.25) is 6.43 Å². The van der Waals surface area contributed by atoms with Crippen LogP contribution in [0.3, 0.4) is 0 Å². The highest BCUT2D eigenvalue weighted by Crippen LogP contribution is 2.22. The second-order valence-electron chi connectivity index (χ2n) is 8.39. The van der Waals surface area contributed by atoms with Gasteiger partial charge in [-0.15, -0.1) is 0 Å². The van der Waals surface area contributed by atoms with Crippen LogP contribution in [0.4, 0.5) is 8.78 Å². The van der Waals surface area contributed by atoms with Gasteiger partial charge in [-0.25, -0.2) is 8.78 Å².